The fourth-order valence-corrected chi connectivity index (χ4v) is 5.64. The Kier molecular flexibility index (Phi) is 4.47. The lowest BCUT2D eigenvalue weighted by Gasteiger charge is -2.51. The van der Waals surface area contributed by atoms with Gasteiger partial charge >= 0.3 is 0 Å². The van der Waals surface area contributed by atoms with Gasteiger partial charge in [-0.25, -0.2) is 8.42 Å². The van der Waals surface area contributed by atoms with Crippen molar-refractivity contribution in [2.75, 3.05) is 19.6 Å². The number of carbonyl (C=O) groups is 1. The number of sulfonamides is 1. The first-order chi connectivity index (χ1) is 11.0. The number of amides is 1. The number of likely N-dealkylation sites (N-methyl/N-ethyl adjacent to an activating group) is 1. The zero-order chi connectivity index (χ0) is 16.5. The number of nitrogens with zero attached hydrogens (tertiary/aromatic N) is 2. The van der Waals surface area contributed by atoms with E-state index in [9.17, 15) is 13.2 Å². The Hall–Kier alpha value is -1.40. The lowest BCUT2D eigenvalue weighted by Crippen LogP contribution is -2.62. The Morgan fingerprint density at radius 1 is 1.13 bits per heavy atom. The minimum absolute atomic E-state index is 0.165. The third kappa shape index (κ3) is 2.90. The van der Waals surface area contributed by atoms with Crippen molar-refractivity contribution in [3.8, 4) is 0 Å². The average Bonchev–Trinajstić information content (AvgIpc) is 2.56. The smallest absolute Gasteiger partial charge is 0.243 e. The predicted molar refractivity (Wildman–Crippen MR) is 88.4 cm³/mol. The van der Waals surface area contributed by atoms with E-state index in [-0.39, 0.29) is 11.4 Å². The van der Waals surface area contributed by atoms with Crippen LogP contribution in [-0.2, 0) is 14.8 Å². The van der Waals surface area contributed by atoms with Crippen molar-refractivity contribution >= 4 is 15.9 Å². The van der Waals surface area contributed by atoms with Gasteiger partial charge in [0, 0.05) is 26.1 Å². The summed E-state index contributed by atoms with van der Waals surface area (Å²) < 4.78 is 27.4. The molecular weight excluding hydrogens is 312 g/mol. The molecule has 5 nitrogen and oxygen atoms in total. The number of hydrogen-bond acceptors (Lipinski definition) is 3. The molecule has 1 spiro atoms. The number of likely N-dealkylation sites (tertiary alicyclic amines) is 1. The molecule has 0 aromatic heterocycles. The van der Waals surface area contributed by atoms with Gasteiger partial charge in [0.25, 0.3) is 0 Å². The molecule has 1 amide bonds. The van der Waals surface area contributed by atoms with E-state index in [0.717, 1.165) is 25.7 Å². The second-order valence-electron chi connectivity index (χ2n) is 6.47. The molecular formula is C17H24N2O3S. The molecule has 1 unspecified atom stereocenters. The van der Waals surface area contributed by atoms with E-state index in [2.05, 4.69) is 0 Å². The van der Waals surface area contributed by atoms with E-state index in [4.69, 9.17) is 0 Å². The first-order valence-electron chi connectivity index (χ1n) is 8.35. The van der Waals surface area contributed by atoms with Crippen LogP contribution in [0.2, 0.25) is 0 Å². The molecule has 2 heterocycles. The summed E-state index contributed by atoms with van der Waals surface area (Å²) in [7, 11) is -3.49. The predicted octanol–water partition coefficient (Wildman–Crippen LogP) is 2.24. The Balaban J connectivity index is 1.90. The van der Waals surface area contributed by atoms with Crippen molar-refractivity contribution in [3.05, 3.63) is 30.3 Å². The Morgan fingerprint density at radius 2 is 1.83 bits per heavy atom. The van der Waals surface area contributed by atoms with Gasteiger partial charge in [-0.2, -0.15) is 4.31 Å². The maximum absolute atomic E-state index is 12.9. The van der Waals surface area contributed by atoms with Crippen LogP contribution in [0.25, 0.3) is 0 Å². The van der Waals surface area contributed by atoms with Crippen molar-refractivity contribution < 1.29 is 13.2 Å². The quantitative estimate of drug-likeness (QED) is 0.850. The Morgan fingerprint density at radius 3 is 2.52 bits per heavy atom. The van der Waals surface area contributed by atoms with Gasteiger partial charge in [0.15, 0.2) is 0 Å². The monoisotopic (exact) mass is 336 g/mol. The summed E-state index contributed by atoms with van der Waals surface area (Å²) in [5.41, 5.74) is -0.315. The van der Waals surface area contributed by atoms with Gasteiger partial charge < -0.3 is 4.90 Å². The minimum Gasteiger partial charge on any atom is -0.336 e. The number of carbonyl (C=O) groups excluding carboxylic acids is 1. The van der Waals surface area contributed by atoms with E-state index in [1.54, 1.807) is 28.6 Å². The number of piperidine rings is 2. The van der Waals surface area contributed by atoms with Crippen molar-refractivity contribution in [3.63, 3.8) is 0 Å². The van der Waals surface area contributed by atoms with Crippen LogP contribution >= 0.6 is 0 Å². The number of rotatable bonds is 3. The molecule has 0 N–H and O–H groups in total. The zero-order valence-corrected chi connectivity index (χ0v) is 14.4. The summed E-state index contributed by atoms with van der Waals surface area (Å²) >= 11 is 0. The van der Waals surface area contributed by atoms with Gasteiger partial charge in [0.1, 0.15) is 0 Å². The molecule has 23 heavy (non-hydrogen) atoms. The summed E-state index contributed by atoms with van der Waals surface area (Å²) in [6.07, 6.45) is 4.03. The fourth-order valence-electron chi connectivity index (χ4n) is 4.06. The van der Waals surface area contributed by atoms with Crippen molar-refractivity contribution in [1.82, 2.24) is 9.21 Å². The topological polar surface area (TPSA) is 57.7 Å². The van der Waals surface area contributed by atoms with Crippen LogP contribution in [0, 0.1) is 0 Å². The van der Waals surface area contributed by atoms with Crippen LogP contribution in [0.15, 0.2) is 35.2 Å². The number of hydrogen-bond donors (Lipinski definition) is 0. The fraction of sp³-hybridized carbons (Fsp3) is 0.588. The first-order valence-corrected chi connectivity index (χ1v) is 9.79. The molecule has 0 saturated carbocycles. The molecule has 1 atom stereocenters. The standard InChI is InChI=1S/C17H24N2O3S/c1-2-19-16(20)10-6-11-17(19)12-7-13-18(14-17)23(21,22)15-8-4-3-5-9-15/h3-5,8-9H,2,6-7,10-14H2,1H3. The SMILES string of the molecule is CCN1C(=O)CCCC12CCCN(S(=O)(=O)c1ccccc1)C2. The highest BCUT2D eigenvalue weighted by molar-refractivity contribution is 7.89. The van der Waals surface area contributed by atoms with Gasteiger partial charge in [-0.15, -0.1) is 0 Å². The molecule has 126 valence electrons. The van der Waals surface area contributed by atoms with Crippen LogP contribution in [-0.4, -0.2) is 48.7 Å². The minimum atomic E-state index is -3.49. The molecule has 6 heteroatoms. The molecule has 2 aliphatic rings. The van der Waals surface area contributed by atoms with E-state index in [1.807, 2.05) is 17.9 Å². The third-order valence-electron chi connectivity index (χ3n) is 5.12. The van der Waals surface area contributed by atoms with Crippen molar-refractivity contribution in [2.24, 2.45) is 0 Å². The van der Waals surface area contributed by atoms with Gasteiger partial charge in [-0.3, -0.25) is 4.79 Å². The van der Waals surface area contributed by atoms with Crippen LogP contribution in [0.5, 0.6) is 0 Å². The second-order valence-corrected chi connectivity index (χ2v) is 8.41. The molecule has 0 bridgehead atoms. The molecule has 1 aromatic carbocycles. The molecule has 2 fully saturated rings. The molecule has 1 aromatic rings. The summed E-state index contributed by atoms with van der Waals surface area (Å²) in [5, 5.41) is 0. The Labute approximate surface area is 138 Å². The summed E-state index contributed by atoms with van der Waals surface area (Å²) in [4.78, 5) is 14.5. The lowest BCUT2D eigenvalue weighted by atomic mass is 9.80. The first kappa shape index (κ1) is 16.5. The summed E-state index contributed by atoms with van der Waals surface area (Å²) in [6.45, 7) is 3.59. The van der Waals surface area contributed by atoms with Crippen LogP contribution in [0.3, 0.4) is 0 Å². The van der Waals surface area contributed by atoms with Gasteiger partial charge in [-0.1, -0.05) is 18.2 Å². The highest BCUT2D eigenvalue weighted by atomic mass is 32.2. The third-order valence-corrected chi connectivity index (χ3v) is 6.98. The normalized spacial score (nSPS) is 26.7. The van der Waals surface area contributed by atoms with Crippen LogP contribution in [0.4, 0.5) is 0 Å². The summed E-state index contributed by atoms with van der Waals surface area (Å²) in [6, 6.07) is 8.58. The van der Waals surface area contributed by atoms with E-state index >= 15 is 0 Å². The largest absolute Gasteiger partial charge is 0.336 e. The zero-order valence-electron chi connectivity index (χ0n) is 13.6. The maximum Gasteiger partial charge on any atom is 0.243 e. The van der Waals surface area contributed by atoms with Gasteiger partial charge in [0.2, 0.25) is 15.9 Å². The van der Waals surface area contributed by atoms with Crippen molar-refractivity contribution in [2.45, 2.75) is 49.5 Å². The van der Waals surface area contributed by atoms with E-state index < -0.39 is 10.0 Å². The summed E-state index contributed by atoms with van der Waals surface area (Å²) in [5.74, 6) is 0.165. The lowest BCUT2D eigenvalue weighted by molar-refractivity contribution is -0.144. The van der Waals surface area contributed by atoms with Crippen LogP contribution < -0.4 is 0 Å². The molecule has 3 rings (SSSR count). The molecule has 2 saturated heterocycles. The van der Waals surface area contributed by atoms with Crippen molar-refractivity contribution in [1.29, 1.82) is 0 Å². The van der Waals surface area contributed by atoms with Crippen LogP contribution in [0.1, 0.15) is 39.0 Å². The second kappa shape index (κ2) is 6.24. The Bertz CT molecular complexity index is 670. The number of benzene rings is 1. The van der Waals surface area contributed by atoms with E-state index in [0.29, 0.717) is 31.0 Å². The molecule has 2 aliphatic heterocycles. The molecule has 0 aliphatic carbocycles. The maximum atomic E-state index is 12.9. The van der Waals surface area contributed by atoms with E-state index in [1.165, 1.54) is 0 Å². The molecule has 0 radical (unpaired) electrons. The van der Waals surface area contributed by atoms with Gasteiger partial charge in [-0.05, 0) is 44.7 Å². The highest BCUT2D eigenvalue weighted by Gasteiger charge is 2.46. The average molecular weight is 336 g/mol. The highest BCUT2D eigenvalue weighted by Crippen LogP contribution is 2.38. The van der Waals surface area contributed by atoms with Gasteiger partial charge in [0.05, 0.1) is 10.4 Å².